The van der Waals surface area contributed by atoms with Crippen LogP contribution in [0.1, 0.15) is 43.3 Å². The van der Waals surface area contributed by atoms with Crippen LogP contribution in [-0.4, -0.2) is 47.8 Å². The summed E-state index contributed by atoms with van der Waals surface area (Å²) in [5.41, 5.74) is 5.01. The van der Waals surface area contributed by atoms with E-state index in [9.17, 15) is 19.2 Å². The number of benzene rings is 2. The molecule has 1 fully saturated rings. The van der Waals surface area contributed by atoms with E-state index in [0.29, 0.717) is 13.0 Å². The van der Waals surface area contributed by atoms with Gasteiger partial charge in [-0.15, -0.1) is 11.3 Å². The molecule has 3 heterocycles. The Bertz CT molecular complexity index is 1470. The minimum atomic E-state index is -1.44. The Morgan fingerprint density at radius 2 is 1.90 bits per heavy atom. The van der Waals surface area contributed by atoms with Crippen molar-refractivity contribution in [3.05, 3.63) is 86.3 Å². The number of anilines is 1. The second kappa shape index (κ2) is 10.7. The van der Waals surface area contributed by atoms with E-state index in [1.54, 1.807) is 0 Å². The van der Waals surface area contributed by atoms with Crippen molar-refractivity contribution >= 4 is 52.4 Å². The lowest BCUT2D eigenvalue weighted by atomic mass is 9.82. The third kappa shape index (κ3) is 5.32. The lowest BCUT2D eigenvalue weighted by molar-refractivity contribution is -0.141. The Morgan fingerprint density at radius 3 is 2.62 bits per heavy atom. The average Bonchev–Trinajstić information content (AvgIpc) is 3.41. The van der Waals surface area contributed by atoms with E-state index in [1.165, 1.54) is 29.2 Å². The zero-order valence-electron chi connectivity index (χ0n) is 20.5. The summed E-state index contributed by atoms with van der Waals surface area (Å²) in [7, 11) is 0. The molecule has 2 aromatic carbocycles. The number of piperidine rings is 1. The van der Waals surface area contributed by atoms with Gasteiger partial charge < -0.3 is 20.7 Å². The number of thiophene rings is 1. The zero-order valence-corrected chi connectivity index (χ0v) is 22.1. The number of primary amides is 1. The maximum absolute atomic E-state index is 15.3. The van der Waals surface area contributed by atoms with Crippen LogP contribution in [0.5, 0.6) is 0 Å². The molecule has 0 radical (unpaired) electrons. The summed E-state index contributed by atoms with van der Waals surface area (Å²) in [6, 6.07) is 13.9. The smallest absolute Gasteiger partial charge is 0.412 e. The van der Waals surface area contributed by atoms with E-state index in [-0.39, 0.29) is 45.4 Å². The second-order valence-corrected chi connectivity index (χ2v) is 10.9. The molecule has 3 aromatic rings. The van der Waals surface area contributed by atoms with Crippen molar-refractivity contribution in [1.82, 2.24) is 10.2 Å². The van der Waals surface area contributed by atoms with E-state index in [2.05, 4.69) is 10.6 Å². The maximum atomic E-state index is 15.3. The highest BCUT2D eigenvalue weighted by Gasteiger charge is 2.49. The summed E-state index contributed by atoms with van der Waals surface area (Å²) >= 11 is 6.99. The third-order valence-electron chi connectivity index (χ3n) is 6.80. The summed E-state index contributed by atoms with van der Waals surface area (Å²) in [6.45, 7) is 0.199. The first-order valence-electron chi connectivity index (χ1n) is 12.2. The van der Waals surface area contributed by atoms with E-state index in [1.807, 2.05) is 30.3 Å². The Hall–Kier alpha value is -3.96. The molecule has 2 atom stereocenters. The van der Waals surface area contributed by atoms with Crippen molar-refractivity contribution in [2.75, 3.05) is 18.4 Å². The van der Waals surface area contributed by atoms with Crippen LogP contribution in [0, 0.1) is 5.82 Å². The fourth-order valence-corrected chi connectivity index (χ4v) is 5.97. The number of fused-ring (bicyclic) bond motifs is 2. The summed E-state index contributed by atoms with van der Waals surface area (Å²) < 4.78 is 20.9. The first kappa shape index (κ1) is 26.6. The second-order valence-electron chi connectivity index (χ2n) is 9.40. The Kier molecular flexibility index (Phi) is 7.28. The predicted octanol–water partition coefficient (Wildman–Crippen LogP) is 4.06. The van der Waals surface area contributed by atoms with Gasteiger partial charge in [-0.05, 0) is 42.7 Å². The molecule has 39 heavy (non-hydrogen) atoms. The molecule has 0 unspecified atom stereocenters. The molecule has 0 saturated carbocycles. The number of amides is 4. The highest BCUT2D eigenvalue weighted by Crippen LogP contribution is 2.45. The van der Waals surface area contributed by atoms with Crippen molar-refractivity contribution in [3.8, 4) is 0 Å². The van der Waals surface area contributed by atoms with Gasteiger partial charge in [0.1, 0.15) is 6.04 Å². The Labute approximate surface area is 232 Å². The number of hydrogen-bond acceptors (Lipinski definition) is 6. The van der Waals surface area contributed by atoms with Crippen LogP contribution >= 0.6 is 22.9 Å². The highest BCUT2D eigenvalue weighted by atomic mass is 35.5. The van der Waals surface area contributed by atoms with Crippen molar-refractivity contribution < 1.29 is 28.3 Å². The van der Waals surface area contributed by atoms with Gasteiger partial charge in [0.25, 0.3) is 11.8 Å². The molecule has 4 amide bonds. The molecule has 5 rings (SSSR count). The van der Waals surface area contributed by atoms with Gasteiger partial charge >= 0.3 is 6.09 Å². The quantitative estimate of drug-likeness (QED) is 0.411. The van der Waals surface area contributed by atoms with E-state index in [4.69, 9.17) is 22.1 Å². The molecule has 1 aromatic heterocycles. The Balaban J connectivity index is 1.44. The number of likely N-dealkylation sites (tertiary alicyclic amines) is 1. The van der Waals surface area contributed by atoms with Gasteiger partial charge in [0.15, 0.2) is 11.4 Å². The number of ether oxygens (including phenoxy) is 1. The molecule has 0 bridgehead atoms. The van der Waals surface area contributed by atoms with Crippen LogP contribution in [0.15, 0.2) is 54.6 Å². The fourth-order valence-electron chi connectivity index (χ4n) is 5.05. The van der Waals surface area contributed by atoms with Crippen LogP contribution in [0.4, 0.5) is 14.9 Å². The molecule has 9 nitrogen and oxygen atoms in total. The average molecular weight is 571 g/mol. The minimum absolute atomic E-state index is 0.0910. The third-order valence-corrected chi connectivity index (χ3v) is 8.19. The van der Waals surface area contributed by atoms with Gasteiger partial charge in [0.05, 0.1) is 32.6 Å². The van der Waals surface area contributed by atoms with Gasteiger partial charge in [-0.2, -0.15) is 0 Å². The monoisotopic (exact) mass is 570 g/mol. The maximum Gasteiger partial charge on any atom is 0.412 e. The number of halogens is 2. The van der Waals surface area contributed by atoms with E-state index < -0.39 is 41.3 Å². The van der Waals surface area contributed by atoms with Crippen LogP contribution in [0.2, 0.25) is 5.02 Å². The van der Waals surface area contributed by atoms with Gasteiger partial charge in [0, 0.05) is 13.0 Å². The standard InChI is InChI=1S/C27H24ClFN4O5S/c28-16-7-8-17-21(22(16)29)27(38-26(37)32-17)11-4-12-33(14-27)25(36)18(13-15-5-2-1-3-6-15)31-24(35)20-10-9-19(39-20)23(30)34/h1-3,5-10,18H,4,11-14H2,(H2,30,34)(H,31,35)(H,32,37)/t18-,27-/m0/s1. The minimum Gasteiger partial charge on any atom is -0.436 e. The van der Waals surface area contributed by atoms with Crippen LogP contribution in [0.3, 0.4) is 0 Å². The normalized spacial score (nSPS) is 19.0. The summed E-state index contributed by atoms with van der Waals surface area (Å²) in [6.07, 6.45) is 0.134. The molecular formula is C27H24ClFN4O5S. The molecule has 2 aliphatic rings. The number of nitrogens with two attached hydrogens (primary N) is 1. The molecule has 1 saturated heterocycles. The molecular weight excluding hydrogens is 547 g/mol. The van der Waals surface area contributed by atoms with Gasteiger partial charge in [-0.1, -0.05) is 41.9 Å². The fraction of sp³-hybridized carbons (Fsp3) is 0.259. The molecule has 1 spiro atoms. The van der Waals surface area contributed by atoms with E-state index in [0.717, 1.165) is 16.9 Å². The molecule has 202 valence electrons. The van der Waals surface area contributed by atoms with Gasteiger partial charge in [-0.3, -0.25) is 19.7 Å². The molecule has 4 N–H and O–H groups in total. The largest absolute Gasteiger partial charge is 0.436 e. The highest BCUT2D eigenvalue weighted by molar-refractivity contribution is 7.15. The van der Waals surface area contributed by atoms with Crippen LogP contribution in [0.25, 0.3) is 0 Å². The lowest BCUT2D eigenvalue weighted by Crippen LogP contribution is -2.57. The number of carbonyl (C=O) groups is 4. The van der Waals surface area contributed by atoms with E-state index >= 15 is 4.39 Å². The van der Waals surface area contributed by atoms with Crippen LogP contribution < -0.4 is 16.4 Å². The van der Waals surface area contributed by atoms with Gasteiger partial charge in [-0.25, -0.2) is 9.18 Å². The van der Waals surface area contributed by atoms with Crippen molar-refractivity contribution in [3.63, 3.8) is 0 Å². The summed E-state index contributed by atoms with van der Waals surface area (Å²) in [5, 5.41) is 5.16. The van der Waals surface area contributed by atoms with Crippen molar-refractivity contribution in [1.29, 1.82) is 0 Å². The van der Waals surface area contributed by atoms with Crippen LogP contribution in [-0.2, 0) is 21.6 Å². The summed E-state index contributed by atoms with van der Waals surface area (Å²) in [5.74, 6) is -2.33. The number of carbonyl (C=O) groups excluding carboxylic acids is 4. The van der Waals surface area contributed by atoms with Crippen molar-refractivity contribution in [2.24, 2.45) is 5.73 Å². The number of nitrogens with one attached hydrogen (secondary N) is 2. The first-order chi connectivity index (χ1) is 18.7. The molecule has 0 aliphatic carbocycles. The van der Waals surface area contributed by atoms with Crippen molar-refractivity contribution in [2.45, 2.75) is 30.9 Å². The summed E-state index contributed by atoms with van der Waals surface area (Å²) in [4.78, 5) is 52.8. The zero-order chi connectivity index (χ0) is 27.7. The first-order valence-corrected chi connectivity index (χ1v) is 13.4. The number of nitrogens with zero attached hydrogens (tertiary/aromatic N) is 1. The number of rotatable bonds is 6. The predicted molar refractivity (Wildman–Crippen MR) is 143 cm³/mol. The van der Waals surface area contributed by atoms with Gasteiger partial charge in [0.2, 0.25) is 5.91 Å². The Morgan fingerprint density at radius 1 is 1.15 bits per heavy atom. The lowest BCUT2D eigenvalue weighted by Gasteiger charge is -2.45. The topological polar surface area (TPSA) is 131 Å². The molecule has 2 aliphatic heterocycles. The molecule has 12 heteroatoms. The number of hydrogen-bond donors (Lipinski definition) is 3. The SMILES string of the molecule is NC(=O)c1ccc(C(=O)N[C@@H](Cc2ccccc2)C(=O)N2CCC[C@@]3(C2)OC(=O)Nc2ccc(Cl)c(F)c23)s1.